The van der Waals surface area contributed by atoms with E-state index in [0.717, 1.165) is 34.7 Å². The lowest BCUT2D eigenvalue weighted by Crippen LogP contribution is -2.45. The molecule has 0 amide bonds. The van der Waals surface area contributed by atoms with Crippen molar-refractivity contribution < 1.29 is 21.6 Å². The van der Waals surface area contributed by atoms with Gasteiger partial charge in [-0.2, -0.15) is 13.2 Å². The number of pyridine rings is 1. The van der Waals surface area contributed by atoms with E-state index in [-0.39, 0.29) is 10.9 Å². The minimum atomic E-state index is -4.63. The third kappa shape index (κ3) is 5.01. The van der Waals surface area contributed by atoms with Crippen molar-refractivity contribution in [2.75, 3.05) is 18.0 Å². The van der Waals surface area contributed by atoms with Gasteiger partial charge in [-0.25, -0.2) is 23.1 Å². The fraction of sp³-hybridized carbons (Fsp3) is 0.261. The van der Waals surface area contributed by atoms with Crippen LogP contribution in [0, 0.1) is 0 Å². The average Bonchev–Trinajstić information content (AvgIpc) is 3.29. The standard InChI is InChI=1S/C23H20ClF3N6O2S/c24-15-3-1-14(2-4-15)19-11-18-21(31-19)29-13-30-22(18)33-9-7-16(8-10-33)32-36(34,35)17-5-6-20(28-12-17)23(25,26)27/h1-6,11-13,16,32H,7-10H2,(H,29,30,31). The average molecular weight is 537 g/mol. The van der Waals surface area contributed by atoms with Gasteiger partial charge in [0.25, 0.3) is 0 Å². The second-order valence-corrected chi connectivity index (χ2v) is 10.6. The highest BCUT2D eigenvalue weighted by Crippen LogP contribution is 2.31. The van der Waals surface area contributed by atoms with Gasteiger partial charge < -0.3 is 9.88 Å². The van der Waals surface area contributed by atoms with Crippen molar-refractivity contribution in [3.05, 3.63) is 65.7 Å². The Bertz CT molecular complexity index is 1480. The molecule has 0 saturated carbocycles. The zero-order valence-electron chi connectivity index (χ0n) is 18.6. The van der Waals surface area contributed by atoms with Crippen LogP contribution in [0.5, 0.6) is 0 Å². The summed E-state index contributed by atoms with van der Waals surface area (Å²) in [6.45, 7) is 1.07. The lowest BCUT2D eigenvalue weighted by Gasteiger charge is -2.33. The molecule has 0 radical (unpaired) electrons. The molecular weight excluding hydrogens is 517 g/mol. The molecule has 1 aliphatic heterocycles. The predicted octanol–water partition coefficient (Wildman–Crippen LogP) is 4.64. The lowest BCUT2D eigenvalue weighted by molar-refractivity contribution is -0.141. The van der Waals surface area contributed by atoms with Gasteiger partial charge in [-0.3, -0.25) is 4.98 Å². The number of alkyl halides is 3. The van der Waals surface area contributed by atoms with Crippen molar-refractivity contribution in [3.63, 3.8) is 0 Å². The van der Waals surface area contributed by atoms with Gasteiger partial charge in [-0.15, -0.1) is 0 Å². The van der Waals surface area contributed by atoms with Crippen molar-refractivity contribution >= 4 is 38.5 Å². The molecule has 36 heavy (non-hydrogen) atoms. The molecule has 0 bridgehead atoms. The van der Waals surface area contributed by atoms with E-state index in [0.29, 0.717) is 42.7 Å². The molecule has 1 aliphatic rings. The van der Waals surface area contributed by atoms with Crippen LogP contribution in [-0.2, 0) is 16.2 Å². The molecule has 5 rings (SSSR count). The maximum atomic E-state index is 12.7. The van der Waals surface area contributed by atoms with Crippen LogP contribution in [0.3, 0.4) is 0 Å². The molecule has 4 aromatic rings. The van der Waals surface area contributed by atoms with E-state index in [1.54, 1.807) is 0 Å². The molecule has 2 N–H and O–H groups in total. The van der Waals surface area contributed by atoms with Crippen LogP contribution in [0.1, 0.15) is 18.5 Å². The number of sulfonamides is 1. The smallest absolute Gasteiger partial charge is 0.356 e. The number of anilines is 1. The first kappa shape index (κ1) is 24.5. The Balaban J connectivity index is 1.28. The third-order valence-electron chi connectivity index (χ3n) is 6.01. The SMILES string of the molecule is O=S(=O)(NC1CCN(c2ncnc3[nH]c(-c4ccc(Cl)cc4)cc23)CC1)c1ccc(C(F)(F)F)nc1. The van der Waals surface area contributed by atoms with Crippen molar-refractivity contribution in [3.8, 4) is 11.3 Å². The Hall–Kier alpha value is -3.22. The van der Waals surface area contributed by atoms with Gasteiger partial charge in [-0.1, -0.05) is 23.7 Å². The maximum Gasteiger partial charge on any atom is 0.433 e. The van der Waals surface area contributed by atoms with Gasteiger partial charge >= 0.3 is 6.18 Å². The number of fused-ring (bicyclic) bond motifs is 1. The molecule has 1 aromatic carbocycles. The van der Waals surface area contributed by atoms with Crippen LogP contribution >= 0.6 is 11.6 Å². The number of halogens is 4. The number of nitrogens with one attached hydrogen (secondary N) is 2. The van der Waals surface area contributed by atoms with E-state index < -0.39 is 21.9 Å². The number of hydrogen-bond acceptors (Lipinski definition) is 6. The predicted molar refractivity (Wildman–Crippen MR) is 129 cm³/mol. The van der Waals surface area contributed by atoms with Crippen LogP contribution in [0.25, 0.3) is 22.3 Å². The normalized spacial score (nSPS) is 15.5. The van der Waals surface area contributed by atoms with Crippen LogP contribution in [-0.4, -0.2) is 47.5 Å². The van der Waals surface area contributed by atoms with E-state index >= 15 is 0 Å². The minimum Gasteiger partial charge on any atom is -0.356 e. The summed E-state index contributed by atoms with van der Waals surface area (Å²) in [6.07, 6.45) is -1.45. The first-order chi connectivity index (χ1) is 17.1. The van der Waals surface area contributed by atoms with E-state index in [1.165, 1.54) is 6.33 Å². The molecule has 13 heteroatoms. The highest BCUT2D eigenvalue weighted by molar-refractivity contribution is 7.89. The molecule has 0 aliphatic carbocycles. The van der Waals surface area contributed by atoms with Gasteiger partial charge in [0.1, 0.15) is 28.4 Å². The summed E-state index contributed by atoms with van der Waals surface area (Å²) in [4.78, 5) is 17.1. The first-order valence-electron chi connectivity index (χ1n) is 11.0. The Morgan fingerprint density at radius 3 is 2.39 bits per heavy atom. The highest BCUT2D eigenvalue weighted by atomic mass is 35.5. The third-order valence-corrected chi connectivity index (χ3v) is 7.77. The van der Waals surface area contributed by atoms with Gasteiger partial charge in [0, 0.05) is 36.0 Å². The number of aromatic nitrogens is 4. The summed E-state index contributed by atoms with van der Waals surface area (Å²) in [5.74, 6) is 0.740. The molecule has 188 valence electrons. The van der Waals surface area contributed by atoms with Gasteiger partial charge in [0.15, 0.2) is 0 Å². The van der Waals surface area contributed by atoms with Crippen molar-refractivity contribution in [2.45, 2.75) is 30.0 Å². The zero-order valence-corrected chi connectivity index (χ0v) is 20.2. The number of piperidine rings is 1. The van der Waals surface area contributed by atoms with Crippen LogP contribution in [0.4, 0.5) is 19.0 Å². The molecule has 4 heterocycles. The molecule has 0 spiro atoms. The second-order valence-electron chi connectivity index (χ2n) is 8.41. The largest absolute Gasteiger partial charge is 0.433 e. The zero-order chi connectivity index (χ0) is 25.5. The molecule has 0 atom stereocenters. The van der Waals surface area contributed by atoms with E-state index in [2.05, 4.69) is 29.6 Å². The number of benzene rings is 1. The fourth-order valence-corrected chi connectivity index (χ4v) is 5.54. The topological polar surface area (TPSA) is 104 Å². The quantitative estimate of drug-likeness (QED) is 0.385. The maximum absolute atomic E-state index is 12.7. The number of aromatic amines is 1. The Labute approximate surface area is 209 Å². The summed E-state index contributed by atoms with van der Waals surface area (Å²) < 4.78 is 66.1. The van der Waals surface area contributed by atoms with Crippen molar-refractivity contribution in [2.24, 2.45) is 0 Å². The van der Waals surface area contributed by atoms with Crippen LogP contribution in [0.2, 0.25) is 5.02 Å². The number of rotatable bonds is 5. The van der Waals surface area contributed by atoms with Crippen LogP contribution < -0.4 is 9.62 Å². The summed E-state index contributed by atoms with van der Waals surface area (Å²) in [5.41, 5.74) is 1.36. The van der Waals surface area contributed by atoms with E-state index in [4.69, 9.17) is 11.6 Å². The summed E-state index contributed by atoms with van der Waals surface area (Å²) in [5, 5.41) is 1.49. The van der Waals surface area contributed by atoms with E-state index in [9.17, 15) is 21.6 Å². The van der Waals surface area contributed by atoms with Gasteiger partial charge in [-0.05, 0) is 48.7 Å². The Morgan fingerprint density at radius 1 is 1.03 bits per heavy atom. The number of nitrogens with zero attached hydrogens (tertiary/aromatic N) is 4. The number of hydrogen-bond donors (Lipinski definition) is 2. The monoisotopic (exact) mass is 536 g/mol. The van der Waals surface area contributed by atoms with E-state index in [1.807, 2.05) is 30.3 Å². The van der Waals surface area contributed by atoms with Gasteiger partial charge in [0.05, 0.1) is 5.39 Å². The van der Waals surface area contributed by atoms with Gasteiger partial charge in [0.2, 0.25) is 10.0 Å². The summed E-state index contributed by atoms with van der Waals surface area (Å²) >= 11 is 5.99. The van der Waals surface area contributed by atoms with Crippen molar-refractivity contribution in [1.29, 1.82) is 0 Å². The molecule has 8 nitrogen and oxygen atoms in total. The molecule has 1 saturated heterocycles. The minimum absolute atomic E-state index is 0.308. The Morgan fingerprint density at radius 2 is 1.75 bits per heavy atom. The summed E-state index contributed by atoms with van der Waals surface area (Å²) in [6, 6.07) is 10.6. The molecule has 0 unspecified atom stereocenters. The van der Waals surface area contributed by atoms with Crippen LogP contribution in [0.15, 0.2) is 59.9 Å². The van der Waals surface area contributed by atoms with Crippen molar-refractivity contribution in [1.82, 2.24) is 24.7 Å². The first-order valence-corrected chi connectivity index (χ1v) is 12.9. The Kier molecular flexibility index (Phi) is 6.35. The fourth-order valence-electron chi connectivity index (χ4n) is 4.17. The lowest BCUT2D eigenvalue weighted by atomic mass is 10.1. The highest BCUT2D eigenvalue weighted by Gasteiger charge is 2.33. The molecule has 3 aromatic heterocycles. The second kappa shape index (κ2) is 9.34. The molecule has 1 fully saturated rings. The summed E-state index contributed by atoms with van der Waals surface area (Å²) in [7, 11) is -4.01. The number of H-pyrrole nitrogens is 1. The molecular formula is C23H20ClF3N6O2S.